The molecule has 3 rings (SSSR count). The molecule has 0 fully saturated rings. The van der Waals surface area contributed by atoms with E-state index in [0.29, 0.717) is 5.39 Å². The number of hydrogen-bond acceptors (Lipinski definition) is 5. The fraction of sp³-hybridized carbons (Fsp3) is 0.333. The highest BCUT2D eigenvalue weighted by molar-refractivity contribution is 5.87. The number of ether oxygens (including phenoxy) is 2. The van der Waals surface area contributed by atoms with Gasteiger partial charge < -0.3 is 13.9 Å². The number of alkyl halides is 5. The molecule has 0 spiro atoms. The fourth-order valence-electron chi connectivity index (χ4n) is 3.60. The SMILES string of the molecule is C=C(C)C(=O)OCCCC(F)(F)CCCOc1ccc2cc(-c3ccccc3C(F)(F)F)c(=O)oc2c1. The van der Waals surface area contributed by atoms with Gasteiger partial charge in [-0.3, -0.25) is 0 Å². The second-order valence-corrected chi connectivity index (χ2v) is 8.52. The first-order valence-electron chi connectivity index (χ1n) is 11.5. The Hall–Kier alpha value is -3.69. The lowest BCUT2D eigenvalue weighted by molar-refractivity contribution is -0.139. The van der Waals surface area contributed by atoms with Crippen molar-refractivity contribution in [3.63, 3.8) is 0 Å². The zero-order chi connectivity index (χ0) is 27.2. The average Bonchev–Trinajstić information content (AvgIpc) is 2.83. The molecular weight excluding hydrogens is 499 g/mol. The maximum absolute atomic E-state index is 14.0. The Morgan fingerprint density at radius 1 is 0.946 bits per heavy atom. The van der Waals surface area contributed by atoms with Crippen LogP contribution in [0.1, 0.15) is 38.2 Å². The molecule has 0 amide bonds. The molecular formula is C27H25F5O5. The van der Waals surface area contributed by atoms with Crippen molar-refractivity contribution >= 4 is 16.9 Å². The van der Waals surface area contributed by atoms with E-state index in [0.717, 1.165) is 6.07 Å². The molecule has 10 heteroatoms. The predicted molar refractivity (Wildman–Crippen MR) is 128 cm³/mol. The maximum Gasteiger partial charge on any atom is 0.417 e. The van der Waals surface area contributed by atoms with Crippen LogP contribution in [0.4, 0.5) is 22.0 Å². The smallest absolute Gasteiger partial charge is 0.417 e. The Morgan fingerprint density at radius 2 is 1.62 bits per heavy atom. The standard InChI is InChI=1S/C27H25F5O5/c1-17(2)24(33)36-14-6-12-26(28,29)11-5-13-35-19-10-9-18-15-21(25(34)37-23(18)16-19)20-7-3-4-8-22(20)27(30,31)32/h3-4,7-10,15-16H,1,5-6,11-14H2,2H3. The van der Waals surface area contributed by atoms with Gasteiger partial charge in [-0.05, 0) is 44.0 Å². The van der Waals surface area contributed by atoms with E-state index in [1.807, 2.05) is 0 Å². The summed E-state index contributed by atoms with van der Waals surface area (Å²) in [6, 6.07) is 10.4. The zero-order valence-electron chi connectivity index (χ0n) is 20.0. The van der Waals surface area contributed by atoms with E-state index in [-0.39, 0.29) is 54.1 Å². The summed E-state index contributed by atoms with van der Waals surface area (Å²) < 4.78 is 83.7. The van der Waals surface area contributed by atoms with E-state index in [9.17, 15) is 31.5 Å². The predicted octanol–water partition coefficient (Wildman–Crippen LogP) is 7.17. The second kappa shape index (κ2) is 11.6. The van der Waals surface area contributed by atoms with Crippen LogP contribution in [0.5, 0.6) is 5.75 Å². The molecule has 5 nitrogen and oxygen atoms in total. The number of rotatable bonds is 11. The fourth-order valence-corrected chi connectivity index (χ4v) is 3.60. The third kappa shape index (κ3) is 7.65. The minimum Gasteiger partial charge on any atom is -0.493 e. The summed E-state index contributed by atoms with van der Waals surface area (Å²) in [6.07, 6.45) is -5.49. The van der Waals surface area contributed by atoms with E-state index in [4.69, 9.17) is 13.9 Å². The number of halogens is 5. The van der Waals surface area contributed by atoms with Gasteiger partial charge in [0.1, 0.15) is 11.3 Å². The van der Waals surface area contributed by atoms with Crippen molar-refractivity contribution in [1.29, 1.82) is 0 Å². The summed E-state index contributed by atoms with van der Waals surface area (Å²) in [7, 11) is 0. The van der Waals surface area contributed by atoms with Crippen molar-refractivity contribution in [1.82, 2.24) is 0 Å². The summed E-state index contributed by atoms with van der Waals surface area (Å²) in [4.78, 5) is 23.7. The molecule has 0 saturated carbocycles. The largest absolute Gasteiger partial charge is 0.493 e. The molecule has 0 radical (unpaired) electrons. The molecule has 0 aliphatic heterocycles. The number of carbonyl (C=O) groups excluding carboxylic acids is 1. The quantitative estimate of drug-likeness (QED) is 0.0875. The Morgan fingerprint density at radius 3 is 2.30 bits per heavy atom. The van der Waals surface area contributed by atoms with Gasteiger partial charge in [-0.2, -0.15) is 13.2 Å². The molecule has 0 atom stereocenters. The normalized spacial score (nSPS) is 11.9. The number of esters is 1. The molecule has 198 valence electrons. The number of hydrogen-bond donors (Lipinski definition) is 0. The zero-order valence-corrected chi connectivity index (χ0v) is 20.0. The lowest BCUT2D eigenvalue weighted by atomic mass is 10.00. The van der Waals surface area contributed by atoms with E-state index < -0.39 is 42.1 Å². The summed E-state index contributed by atoms with van der Waals surface area (Å²) in [5.74, 6) is -3.32. The van der Waals surface area contributed by atoms with E-state index >= 15 is 0 Å². The first-order chi connectivity index (χ1) is 17.4. The van der Waals surface area contributed by atoms with Crippen LogP contribution in [0.3, 0.4) is 0 Å². The first-order valence-corrected chi connectivity index (χ1v) is 11.5. The highest BCUT2D eigenvalue weighted by Gasteiger charge is 2.34. The molecule has 1 aromatic heterocycles. The second-order valence-electron chi connectivity index (χ2n) is 8.52. The van der Waals surface area contributed by atoms with Crippen molar-refractivity contribution in [3.8, 4) is 16.9 Å². The molecule has 0 unspecified atom stereocenters. The molecule has 1 heterocycles. The summed E-state index contributed by atoms with van der Waals surface area (Å²) >= 11 is 0. The van der Waals surface area contributed by atoms with Crippen molar-refractivity contribution in [2.24, 2.45) is 0 Å². The molecule has 0 saturated heterocycles. The maximum atomic E-state index is 14.0. The first kappa shape index (κ1) is 27.9. The van der Waals surface area contributed by atoms with Crippen LogP contribution in [-0.2, 0) is 15.7 Å². The lowest BCUT2D eigenvalue weighted by Crippen LogP contribution is -2.18. The number of fused-ring (bicyclic) bond motifs is 1. The number of benzene rings is 2. The lowest BCUT2D eigenvalue weighted by Gasteiger charge is -2.16. The van der Waals surface area contributed by atoms with Gasteiger partial charge >= 0.3 is 17.8 Å². The topological polar surface area (TPSA) is 65.7 Å². The molecule has 0 aliphatic rings. The average molecular weight is 524 g/mol. The van der Waals surface area contributed by atoms with Gasteiger partial charge in [0.25, 0.3) is 0 Å². The molecule has 2 aromatic carbocycles. The monoisotopic (exact) mass is 524 g/mol. The van der Waals surface area contributed by atoms with Crippen LogP contribution >= 0.6 is 0 Å². The van der Waals surface area contributed by atoms with Crippen molar-refractivity contribution < 1.29 is 40.6 Å². The third-order valence-corrected chi connectivity index (χ3v) is 5.45. The van der Waals surface area contributed by atoms with Gasteiger partial charge in [-0.25, -0.2) is 18.4 Å². The summed E-state index contributed by atoms with van der Waals surface area (Å²) in [5.41, 5.74) is -2.14. The van der Waals surface area contributed by atoms with Gasteiger partial charge in [-0.15, -0.1) is 0 Å². The Kier molecular flexibility index (Phi) is 8.73. The number of carbonyl (C=O) groups is 1. The minimum atomic E-state index is -4.65. The van der Waals surface area contributed by atoms with E-state index in [2.05, 4.69) is 6.58 Å². The van der Waals surface area contributed by atoms with Crippen LogP contribution in [0.2, 0.25) is 0 Å². The third-order valence-electron chi connectivity index (χ3n) is 5.45. The molecule has 3 aromatic rings. The van der Waals surface area contributed by atoms with Crippen molar-refractivity contribution in [3.05, 3.63) is 76.7 Å². The van der Waals surface area contributed by atoms with Crippen LogP contribution < -0.4 is 10.4 Å². The van der Waals surface area contributed by atoms with Crippen LogP contribution in [0, 0.1) is 0 Å². The Bertz CT molecular complexity index is 1330. The van der Waals surface area contributed by atoms with Gasteiger partial charge in [0, 0.05) is 35.4 Å². The highest BCUT2D eigenvalue weighted by Crippen LogP contribution is 2.36. The molecule has 0 N–H and O–H groups in total. The molecule has 0 aliphatic carbocycles. The Balaban J connectivity index is 1.59. The van der Waals surface area contributed by atoms with Gasteiger partial charge in [0.05, 0.1) is 24.3 Å². The highest BCUT2D eigenvalue weighted by atomic mass is 19.4. The van der Waals surface area contributed by atoms with Crippen LogP contribution in [0.25, 0.3) is 22.1 Å². The van der Waals surface area contributed by atoms with Gasteiger partial charge in [-0.1, -0.05) is 24.8 Å². The molecule has 0 bridgehead atoms. The minimum absolute atomic E-state index is 0.00597. The van der Waals surface area contributed by atoms with Gasteiger partial charge in [0.15, 0.2) is 0 Å². The summed E-state index contributed by atoms with van der Waals surface area (Å²) in [6.45, 7) is 4.72. The van der Waals surface area contributed by atoms with E-state index in [1.165, 1.54) is 49.4 Å². The van der Waals surface area contributed by atoms with E-state index in [1.54, 1.807) is 0 Å². The van der Waals surface area contributed by atoms with Crippen LogP contribution in [0.15, 0.2) is 69.9 Å². The van der Waals surface area contributed by atoms with Crippen molar-refractivity contribution in [2.75, 3.05) is 13.2 Å². The molecule has 37 heavy (non-hydrogen) atoms. The van der Waals surface area contributed by atoms with Crippen LogP contribution in [-0.4, -0.2) is 25.1 Å². The van der Waals surface area contributed by atoms with Gasteiger partial charge in [0.2, 0.25) is 5.92 Å². The van der Waals surface area contributed by atoms with Crippen molar-refractivity contribution in [2.45, 2.75) is 44.7 Å². The Labute approximate surface area is 209 Å². The summed E-state index contributed by atoms with van der Waals surface area (Å²) in [5, 5.41) is 0.373.